The highest BCUT2D eigenvalue weighted by Gasteiger charge is 2.16. The lowest BCUT2D eigenvalue weighted by Gasteiger charge is -2.10. The summed E-state index contributed by atoms with van der Waals surface area (Å²) in [6.07, 6.45) is 1.86. The highest BCUT2D eigenvalue weighted by atomic mass is 32.2. The maximum absolute atomic E-state index is 12.2. The van der Waals surface area contributed by atoms with Crippen molar-refractivity contribution in [1.29, 1.82) is 0 Å². The lowest BCUT2D eigenvalue weighted by atomic mass is 10.1. The van der Waals surface area contributed by atoms with Crippen LogP contribution in [0.3, 0.4) is 0 Å². The van der Waals surface area contributed by atoms with Crippen molar-refractivity contribution >= 4 is 32.7 Å². The van der Waals surface area contributed by atoms with Gasteiger partial charge in [0.25, 0.3) is 5.91 Å². The molecule has 9 heteroatoms. The first-order valence-corrected chi connectivity index (χ1v) is 10.5. The van der Waals surface area contributed by atoms with Crippen molar-refractivity contribution < 1.29 is 18.0 Å². The van der Waals surface area contributed by atoms with Crippen LogP contribution in [0.4, 0.5) is 0 Å². The summed E-state index contributed by atoms with van der Waals surface area (Å²) >= 11 is 0. The van der Waals surface area contributed by atoms with Crippen molar-refractivity contribution in [2.75, 3.05) is 0 Å². The standard InChI is InChI=1S/C20H22N4O4S/c1-13(2)24-29(27,28)16-9-7-14(8-10-16)20(26)23-22-19(25)11-15-12-21-18-6-4-3-5-17(15)18/h3-10,12-13,21,24H,11H2,1-2H3,(H,22,25)(H,23,26). The molecule has 0 atom stereocenters. The van der Waals surface area contributed by atoms with Crippen LogP contribution in [0.5, 0.6) is 0 Å². The zero-order valence-corrected chi connectivity index (χ0v) is 16.8. The number of para-hydroxylation sites is 1. The number of nitrogens with one attached hydrogen (secondary N) is 4. The molecular weight excluding hydrogens is 392 g/mol. The summed E-state index contributed by atoms with van der Waals surface area (Å²) in [5.74, 6) is -0.915. The zero-order valence-electron chi connectivity index (χ0n) is 16.0. The molecule has 0 aliphatic heterocycles. The number of H-pyrrole nitrogens is 1. The Morgan fingerprint density at radius 1 is 1.00 bits per heavy atom. The van der Waals surface area contributed by atoms with Gasteiger partial charge in [-0.1, -0.05) is 18.2 Å². The molecule has 0 fully saturated rings. The van der Waals surface area contributed by atoms with Crippen molar-refractivity contribution in [3.8, 4) is 0 Å². The van der Waals surface area contributed by atoms with Gasteiger partial charge in [0.05, 0.1) is 11.3 Å². The molecule has 0 aliphatic carbocycles. The fourth-order valence-corrected chi connectivity index (χ4v) is 4.11. The number of hydrogen-bond donors (Lipinski definition) is 4. The quantitative estimate of drug-likeness (QED) is 0.460. The molecule has 0 aliphatic rings. The molecule has 0 saturated heterocycles. The Balaban J connectivity index is 1.58. The van der Waals surface area contributed by atoms with Gasteiger partial charge >= 0.3 is 0 Å². The highest BCUT2D eigenvalue weighted by Crippen LogP contribution is 2.18. The normalized spacial score (nSPS) is 11.6. The summed E-state index contributed by atoms with van der Waals surface area (Å²) in [7, 11) is -3.63. The number of fused-ring (bicyclic) bond motifs is 1. The number of hydrogen-bond acceptors (Lipinski definition) is 4. The Labute approximate surface area is 168 Å². The minimum atomic E-state index is -3.63. The van der Waals surface area contributed by atoms with Gasteiger partial charge in [-0.2, -0.15) is 0 Å². The molecule has 0 saturated carbocycles. The lowest BCUT2D eigenvalue weighted by Crippen LogP contribution is -2.42. The number of amides is 2. The third-order valence-corrected chi connectivity index (χ3v) is 5.83. The van der Waals surface area contributed by atoms with Crippen molar-refractivity contribution in [2.45, 2.75) is 31.2 Å². The summed E-state index contributed by atoms with van der Waals surface area (Å²) in [6, 6.07) is 12.8. The zero-order chi connectivity index (χ0) is 21.0. The average Bonchev–Trinajstić information content (AvgIpc) is 3.08. The molecule has 2 amide bonds. The number of aromatic amines is 1. The molecule has 2 aromatic carbocycles. The van der Waals surface area contributed by atoms with Gasteiger partial charge in [-0.25, -0.2) is 13.1 Å². The predicted octanol–water partition coefficient (Wildman–Crippen LogP) is 1.86. The number of aromatic nitrogens is 1. The van der Waals surface area contributed by atoms with Crippen LogP contribution in [0.1, 0.15) is 29.8 Å². The predicted molar refractivity (Wildman–Crippen MR) is 110 cm³/mol. The van der Waals surface area contributed by atoms with E-state index in [1.807, 2.05) is 24.3 Å². The molecule has 1 heterocycles. The first kappa shape index (κ1) is 20.6. The maximum atomic E-state index is 12.2. The molecule has 1 aromatic heterocycles. The topological polar surface area (TPSA) is 120 Å². The number of rotatable bonds is 6. The van der Waals surface area contributed by atoms with Gasteiger partial charge in [0.1, 0.15) is 0 Å². The Bertz CT molecular complexity index is 1130. The Morgan fingerprint density at radius 2 is 1.69 bits per heavy atom. The number of sulfonamides is 1. The van der Waals surface area contributed by atoms with Crippen LogP contribution in [0.15, 0.2) is 59.6 Å². The third-order valence-electron chi connectivity index (χ3n) is 4.16. The van der Waals surface area contributed by atoms with E-state index < -0.39 is 15.9 Å². The fourth-order valence-electron chi connectivity index (χ4n) is 2.86. The van der Waals surface area contributed by atoms with Crippen LogP contribution < -0.4 is 15.6 Å². The van der Waals surface area contributed by atoms with E-state index in [0.717, 1.165) is 16.5 Å². The highest BCUT2D eigenvalue weighted by molar-refractivity contribution is 7.89. The number of carbonyl (C=O) groups is 2. The Morgan fingerprint density at radius 3 is 2.38 bits per heavy atom. The summed E-state index contributed by atoms with van der Waals surface area (Å²) < 4.78 is 26.7. The second-order valence-electron chi connectivity index (χ2n) is 6.84. The summed E-state index contributed by atoms with van der Waals surface area (Å²) in [6.45, 7) is 3.44. The average molecular weight is 414 g/mol. The van der Waals surface area contributed by atoms with E-state index in [4.69, 9.17) is 0 Å². The second-order valence-corrected chi connectivity index (χ2v) is 8.55. The largest absolute Gasteiger partial charge is 0.361 e. The monoisotopic (exact) mass is 414 g/mol. The van der Waals surface area contributed by atoms with Crippen molar-refractivity contribution in [3.05, 3.63) is 65.9 Å². The summed E-state index contributed by atoms with van der Waals surface area (Å²) in [5, 5.41) is 0.945. The number of hydrazine groups is 1. The van der Waals surface area contributed by atoms with Crippen molar-refractivity contribution in [1.82, 2.24) is 20.6 Å². The molecule has 0 radical (unpaired) electrons. The SMILES string of the molecule is CC(C)NS(=O)(=O)c1ccc(C(=O)NNC(=O)Cc2c[nH]c3ccccc23)cc1. The van der Waals surface area contributed by atoms with E-state index in [9.17, 15) is 18.0 Å². The first-order valence-electron chi connectivity index (χ1n) is 9.03. The van der Waals surface area contributed by atoms with E-state index in [-0.39, 0.29) is 28.8 Å². The van der Waals surface area contributed by atoms with Crippen LogP contribution in [0.25, 0.3) is 10.9 Å². The van der Waals surface area contributed by atoms with Gasteiger partial charge in [0.2, 0.25) is 15.9 Å². The first-order chi connectivity index (χ1) is 13.8. The van der Waals surface area contributed by atoms with Crippen molar-refractivity contribution in [3.63, 3.8) is 0 Å². The molecule has 0 unspecified atom stereocenters. The number of benzene rings is 2. The molecule has 0 spiro atoms. The minimum absolute atomic E-state index is 0.0612. The van der Waals surface area contributed by atoms with E-state index >= 15 is 0 Å². The Kier molecular flexibility index (Phi) is 6.00. The smallest absolute Gasteiger partial charge is 0.269 e. The van der Waals surface area contributed by atoms with Crippen LogP contribution in [0, 0.1) is 0 Å². The molecule has 3 rings (SSSR count). The van der Waals surface area contributed by atoms with Crippen LogP contribution in [-0.4, -0.2) is 31.3 Å². The fraction of sp³-hybridized carbons (Fsp3) is 0.200. The third kappa shape index (κ3) is 5.01. The molecular formula is C20H22N4O4S. The maximum Gasteiger partial charge on any atom is 0.269 e. The minimum Gasteiger partial charge on any atom is -0.361 e. The molecule has 8 nitrogen and oxygen atoms in total. The van der Waals surface area contributed by atoms with Gasteiger partial charge in [0, 0.05) is 28.7 Å². The van der Waals surface area contributed by atoms with Gasteiger partial charge in [-0.3, -0.25) is 20.4 Å². The van der Waals surface area contributed by atoms with E-state index in [2.05, 4.69) is 20.6 Å². The van der Waals surface area contributed by atoms with Gasteiger partial charge in [0.15, 0.2) is 0 Å². The van der Waals surface area contributed by atoms with Crippen LogP contribution in [0.2, 0.25) is 0 Å². The Hall–Kier alpha value is -3.17. The molecule has 29 heavy (non-hydrogen) atoms. The van der Waals surface area contributed by atoms with Gasteiger partial charge in [-0.15, -0.1) is 0 Å². The van der Waals surface area contributed by atoms with Gasteiger partial charge in [-0.05, 0) is 49.7 Å². The molecule has 4 N–H and O–H groups in total. The van der Waals surface area contributed by atoms with Crippen LogP contribution in [-0.2, 0) is 21.2 Å². The van der Waals surface area contributed by atoms with E-state index in [0.29, 0.717) is 0 Å². The lowest BCUT2D eigenvalue weighted by molar-refractivity contribution is -0.121. The van der Waals surface area contributed by atoms with Crippen LogP contribution >= 0.6 is 0 Å². The van der Waals surface area contributed by atoms with E-state index in [1.165, 1.54) is 24.3 Å². The molecule has 152 valence electrons. The van der Waals surface area contributed by atoms with Crippen molar-refractivity contribution in [2.24, 2.45) is 0 Å². The summed E-state index contributed by atoms with van der Waals surface area (Å²) in [5.41, 5.74) is 6.68. The van der Waals surface area contributed by atoms with E-state index in [1.54, 1.807) is 20.0 Å². The number of carbonyl (C=O) groups excluding carboxylic acids is 2. The van der Waals surface area contributed by atoms with Gasteiger partial charge < -0.3 is 4.98 Å². The molecule has 3 aromatic rings. The molecule has 0 bridgehead atoms. The second kappa shape index (κ2) is 8.46. The summed E-state index contributed by atoms with van der Waals surface area (Å²) in [4.78, 5) is 27.5.